The number of rotatable bonds is 82. The van der Waals surface area contributed by atoms with Crippen LogP contribution < -0.4 is 0 Å². The molecule has 0 saturated carbocycles. The number of carbonyl (C=O) groups is 4. The van der Waals surface area contributed by atoms with Gasteiger partial charge >= 0.3 is 39.5 Å². The number of unbranched alkanes of at least 4 members (excludes halogenated alkanes) is 54. The molecule has 0 radical (unpaired) electrons. The quantitative estimate of drug-likeness (QED) is 0.0222. The molecule has 0 aromatic rings. The third-order valence-corrected chi connectivity index (χ3v) is 21.2. The fourth-order valence-electron chi connectivity index (χ4n) is 12.8. The number of esters is 4. The lowest BCUT2D eigenvalue weighted by Crippen LogP contribution is -2.30. The van der Waals surface area contributed by atoms with Crippen molar-refractivity contribution in [2.24, 2.45) is 5.92 Å². The van der Waals surface area contributed by atoms with E-state index in [1.54, 1.807) is 0 Å². The van der Waals surface area contributed by atoms with E-state index in [1.165, 1.54) is 263 Å². The molecule has 19 heteroatoms. The molecule has 600 valence electrons. The maximum atomic E-state index is 13.1. The van der Waals surface area contributed by atoms with Gasteiger partial charge in [-0.2, -0.15) is 0 Å². The Hall–Kier alpha value is -1.94. The first-order chi connectivity index (χ1) is 49.0. The number of ether oxygens (including phenoxy) is 4. The molecule has 0 amide bonds. The van der Waals surface area contributed by atoms with E-state index in [-0.39, 0.29) is 25.7 Å². The summed E-state index contributed by atoms with van der Waals surface area (Å²) in [7, 11) is -9.92. The van der Waals surface area contributed by atoms with Gasteiger partial charge in [0.25, 0.3) is 0 Å². The first-order valence-corrected chi connectivity index (χ1v) is 45.6. The number of hydrogen-bond acceptors (Lipinski definition) is 15. The van der Waals surface area contributed by atoms with Gasteiger partial charge in [-0.15, -0.1) is 0 Å². The summed E-state index contributed by atoms with van der Waals surface area (Å²) in [6, 6.07) is 0. The van der Waals surface area contributed by atoms with Gasteiger partial charge in [0, 0.05) is 25.7 Å². The summed E-state index contributed by atoms with van der Waals surface area (Å²) in [5, 5.41) is 10.6. The van der Waals surface area contributed by atoms with E-state index in [0.717, 1.165) is 95.8 Å². The minimum Gasteiger partial charge on any atom is -0.462 e. The fraction of sp³-hybridized carbons (Fsp3) is 0.951. The van der Waals surface area contributed by atoms with Crippen molar-refractivity contribution in [1.82, 2.24) is 0 Å². The largest absolute Gasteiger partial charge is 0.472 e. The standard InChI is InChI=1S/C82H160O17P2/c1-6-9-12-15-18-21-24-26-28-29-30-31-33-39-43-48-53-58-63-68-82(87)99-78(72-93-80(85)66-61-56-51-46-41-37-35-34-36-40-44-49-54-59-64-75(4)5)74-97-101(90,91)95-70-76(83)69-94-100(88,89)96-73-77(71-92-79(84)65-60-55-50-45-23-20-17-14-11-8-3)98-81(86)67-62-57-52-47-42-38-32-27-25-22-19-16-13-10-7-2/h75-78,83H,6-74H2,1-5H3,(H,88,89)(H,90,91)/t76-,77+,78+/m0/s1. The van der Waals surface area contributed by atoms with Crippen molar-refractivity contribution in [2.45, 2.75) is 457 Å². The summed E-state index contributed by atoms with van der Waals surface area (Å²) in [6.45, 7) is 7.36. The summed E-state index contributed by atoms with van der Waals surface area (Å²) >= 11 is 0. The predicted molar refractivity (Wildman–Crippen MR) is 414 cm³/mol. The molecule has 5 atom stereocenters. The lowest BCUT2D eigenvalue weighted by atomic mass is 10.0. The summed E-state index contributed by atoms with van der Waals surface area (Å²) in [5.41, 5.74) is 0. The first kappa shape index (κ1) is 99.1. The highest BCUT2D eigenvalue weighted by Crippen LogP contribution is 2.45. The molecule has 0 spiro atoms. The normalized spacial score (nSPS) is 13.8. The minimum atomic E-state index is -4.96. The van der Waals surface area contributed by atoms with Crippen molar-refractivity contribution in [3.63, 3.8) is 0 Å². The van der Waals surface area contributed by atoms with Crippen LogP contribution >= 0.6 is 15.6 Å². The molecule has 0 fully saturated rings. The van der Waals surface area contributed by atoms with Crippen molar-refractivity contribution < 1.29 is 80.2 Å². The second kappa shape index (κ2) is 74.9. The predicted octanol–water partition coefficient (Wildman–Crippen LogP) is 24.8. The van der Waals surface area contributed by atoms with Crippen LogP contribution in [0.15, 0.2) is 0 Å². The van der Waals surface area contributed by atoms with E-state index in [9.17, 15) is 43.2 Å². The third kappa shape index (κ3) is 76.1. The van der Waals surface area contributed by atoms with E-state index >= 15 is 0 Å². The van der Waals surface area contributed by atoms with Crippen LogP contribution in [0, 0.1) is 5.92 Å². The molecule has 0 aliphatic rings. The Balaban J connectivity index is 5.23. The van der Waals surface area contributed by atoms with Crippen LogP contribution in [0.3, 0.4) is 0 Å². The zero-order chi connectivity index (χ0) is 74.1. The molecule has 0 aromatic carbocycles. The molecule has 101 heavy (non-hydrogen) atoms. The zero-order valence-corrected chi connectivity index (χ0v) is 67.8. The average Bonchev–Trinajstić information content (AvgIpc) is 0.922. The smallest absolute Gasteiger partial charge is 0.462 e. The van der Waals surface area contributed by atoms with Gasteiger partial charge in [-0.05, 0) is 31.6 Å². The molecule has 0 bridgehead atoms. The molecular formula is C82H160O17P2. The maximum absolute atomic E-state index is 13.1. The van der Waals surface area contributed by atoms with Gasteiger partial charge in [-0.25, -0.2) is 9.13 Å². The number of phosphoric acid groups is 2. The molecule has 2 unspecified atom stereocenters. The van der Waals surface area contributed by atoms with Gasteiger partial charge in [0.2, 0.25) is 0 Å². The van der Waals surface area contributed by atoms with Crippen molar-refractivity contribution in [3.05, 3.63) is 0 Å². The number of phosphoric ester groups is 2. The van der Waals surface area contributed by atoms with Crippen molar-refractivity contribution in [3.8, 4) is 0 Å². The fourth-order valence-corrected chi connectivity index (χ4v) is 14.3. The molecule has 17 nitrogen and oxygen atoms in total. The Morgan fingerprint density at radius 1 is 0.267 bits per heavy atom. The molecule has 0 saturated heterocycles. The topological polar surface area (TPSA) is 237 Å². The first-order valence-electron chi connectivity index (χ1n) is 42.6. The lowest BCUT2D eigenvalue weighted by Gasteiger charge is -2.21. The van der Waals surface area contributed by atoms with Gasteiger partial charge in [0.05, 0.1) is 26.4 Å². The van der Waals surface area contributed by atoms with Crippen LogP contribution in [0.25, 0.3) is 0 Å². The highest BCUT2D eigenvalue weighted by Gasteiger charge is 2.30. The highest BCUT2D eigenvalue weighted by molar-refractivity contribution is 7.47. The summed E-state index contributed by atoms with van der Waals surface area (Å²) < 4.78 is 68.8. The zero-order valence-electron chi connectivity index (χ0n) is 66.1. The van der Waals surface area contributed by atoms with Crippen LogP contribution in [0.5, 0.6) is 0 Å². The Kier molecular flexibility index (Phi) is 73.5. The van der Waals surface area contributed by atoms with Crippen LogP contribution in [-0.4, -0.2) is 96.7 Å². The van der Waals surface area contributed by atoms with Crippen LogP contribution in [-0.2, 0) is 65.4 Å². The molecule has 0 rings (SSSR count). The van der Waals surface area contributed by atoms with Crippen molar-refractivity contribution in [1.29, 1.82) is 0 Å². The van der Waals surface area contributed by atoms with Gasteiger partial charge in [0.15, 0.2) is 12.2 Å². The van der Waals surface area contributed by atoms with Gasteiger partial charge < -0.3 is 33.8 Å². The Bertz CT molecular complexity index is 1930. The minimum absolute atomic E-state index is 0.109. The van der Waals surface area contributed by atoms with E-state index in [4.69, 9.17) is 37.0 Å². The lowest BCUT2D eigenvalue weighted by molar-refractivity contribution is -0.161. The molecule has 0 aliphatic heterocycles. The van der Waals surface area contributed by atoms with E-state index < -0.39 is 97.5 Å². The monoisotopic (exact) mass is 1480 g/mol. The van der Waals surface area contributed by atoms with Crippen LogP contribution in [0.1, 0.15) is 439 Å². The second-order valence-electron chi connectivity index (χ2n) is 30.0. The van der Waals surface area contributed by atoms with E-state index in [1.807, 2.05) is 0 Å². The highest BCUT2D eigenvalue weighted by atomic mass is 31.2. The summed E-state index contributed by atoms with van der Waals surface area (Å²) in [5.74, 6) is -1.30. The van der Waals surface area contributed by atoms with E-state index in [0.29, 0.717) is 25.7 Å². The molecule has 0 aliphatic carbocycles. The van der Waals surface area contributed by atoms with Gasteiger partial charge in [-0.3, -0.25) is 37.3 Å². The third-order valence-electron chi connectivity index (χ3n) is 19.3. The number of aliphatic hydroxyl groups is 1. The second-order valence-corrected chi connectivity index (χ2v) is 32.9. The number of carbonyl (C=O) groups excluding carboxylic acids is 4. The Morgan fingerprint density at radius 3 is 0.673 bits per heavy atom. The van der Waals surface area contributed by atoms with E-state index in [2.05, 4.69) is 34.6 Å². The summed E-state index contributed by atoms with van der Waals surface area (Å²) in [6.07, 6.45) is 66.5. The molecular weight excluding hydrogens is 1320 g/mol. The SMILES string of the molecule is CCCCCCCCCCCCCCCCCCCCCC(=O)O[C@H](COC(=O)CCCCCCCCCCCCCCCCC(C)C)COP(=O)(O)OC[C@@H](O)COP(=O)(O)OC[C@@H](COC(=O)CCCCCCCCCCCC)OC(=O)CCCCCCCCCCCCCCCCC. The van der Waals surface area contributed by atoms with Gasteiger partial charge in [-0.1, -0.05) is 388 Å². The summed E-state index contributed by atoms with van der Waals surface area (Å²) in [4.78, 5) is 73.1. The Labute approximate surface area is 619 Å². The van der Waals surface area contributed by atoms with Crippen LogP contribution in [0.4, 0.5) is 0 Å². The van der Waals surface area contributed by atoms with Crippen LogP contribution in [0.2, 0.25) is 0 Å². The molecule has 0 aromatic heterocycles. The van der Waals surface area contributed by atoms with Crippen molar-refractivity contribution >= 4 is 39.5 Å². The maximum Gasteiger partial charge on any atom is 0.472 e. The van der Waals surface area contributed by atoms with Crippen molar-refractivity contribution in [2.75, 3.05) is 39.6 Å². The molecule has 0 heterocycles. The number of aliphatic hydroxyl groups excluding tert-OH is 1. The average molecular weight is 1480 g/mol. The molecule has 3 N–H and O–H groups in total. The van der Waals surface area contributed by atoms with Gasteiger partial charge in [0.1, 0.15) is 19.3 Å². The Morgan fingerprint density at radius 2 is 0.455 bits per heavy atom. The number of hydrogen-bond donors (Lipinski definition) is 3.